The van der Waals surface area contributed by atoms with Crippen LogP contribution in [0.4, 0.5) is 4.39 Å². The lowest BCUT2D eigenvalue weighted by Crippen LogP contribution is -2.20. The quantitative estimate of drug-likeness (QED) is 0.659. The molecule has 2 aromatic heterocycles. The molecular weight excluding hydrogens is 325 g/mol. The van der Waals surface area contributed by atoms with Gasteiger partial charge in [-0.05, 0) is 26.8 Å². The monoisotopic (exact) mass is 341 g/mol. The number of hydrogen-bond donors (Lipinski definition) is 0. The summed E-state index contributed by atoms with van der Waals surface area (Å²) in [5.41, 5.74) is 1.31. The van der Waals surface area contributed by atoms with Gasteiger partial charge < -0.3 is 0 Å². The summed E-state index contributed by atoms with van der Waals surface area (Å²) >= 11 is 0. The topological polar surface area (TPSA) is 90.6 Å². The molecule has 0 atom stereocenters. The van der Waals surface area contributed by atoms with E-state index >= 15 is 0 Å². The zero-order valence-corrected chi connectivity index (χ0v) is 14.0. The van der Waals surface area contributed by atoms with Gasteiger partial charge in [0.1, 0.15) is 29.1 Å². The van der Waals surface area contributed by atoms with Gasteiger partial charge in [-0.1, -0.05) is 23.4 Å². The SMILES string of the molecule is CC(=O)C(C(C)=O)c1nc(C)nc2c1nnn2Cc1ccccc1F. The van der Waals surface area contributed by atoms with E-state index in [2.05, 4.69) is 20.3 Å². The van der Waals surface area contributed by atoms with Crippen molar-refractivity contribution < 1.29 is 14.0 Å². The van der Waals surface area contributed by atoms with Crippen molar-refractivity contribution in [2.45, 2.75) is 33.2 Å². The van der Waals surface area contributed by atoms with Crippen LogP contribution < -0.4 is 0 Å². The third-order valence-electron chi connectivity index (χ3n) is 3.87. The molecule has 0 fully saturated rings. The first-order valence-corrected chi connectivity index (χ1v) is 7.70. The summed E-state index contributed by atoms with van der Waals surface area (Å²) in [6.45, 7) is 4.45. The summed E-state index contributed by atoms with van der Waals surface area (Å²) in [6.07, 6.45) is 0. The number of hydrogen-bond acceptors (Lipinski definition) is 6. The summed E-state index contributed by atoms with van der Waals surface area (Å²) < 4.78 is 15.3. The number of halogens is 1. The van der Waals surface area contributed by atoms with Crippen molar-refractivity contribution in [2.75, 3.05) is 0 Å². The fourth-order valence-corrected chi connectivity index (χ4v) is 2.76. The van der Waals surface area contributed by atoms with Gasteiger partial charge in [-0.25, -0.2) is 19.0 Å². The second kappa shape index (κ2) is 6.46. The number of carbonyl (C=O) groups excluding carboxylic acids is 2. The smallest absolute Gasteiger partial charge is 0.182 e. The second-order valence-electron chi connectivity index (χ2n) is 5.82. The Morgan fingerprint density at radius 2 is 1.84 bits per heavy atom. The van der Waals surface area contributed by atoms with Crippen molar-refractivity contribution in [3.8, 4) is 0 Å². The first kappa shape index (κ1) is 16.8. The highest BCUT2D eigenvalue weighted by Gasteiger charge is 2.28. The maximum atomic E-state index is 13.9. The van der Waals surface area contributed by atoms with Crippen LogP contribution in [-0.2, 0) is 16.1 Å². The molecule has 0 aliphatic rings. The van der Waals surface area contributed by atoms with Crippen LogP contribution in [0, 0.1) is 12.7 Å². The number of aryl methyl sites for hydroxylation is 1. The molecule has 0 N–H and O–H groups in total. The van der Waals surface area contributed by atoms with Crippen LogP contribution in [0.3, 0.4) is 0 Å². The minimum Gasteiger partial charge on any atom is -0.299 e. The van der Waals surface area contributed by atoms with Crippen molar-refractivity contribution in [3.63, 3.8) is 0 Å². The molecule has 0 aliphatic heterocycles. The lowest BCUT2D eigenvalue weighted by Gasteiger charge is -2.11. The Kier molecular flexibility index (Phi) is 4.35. The highest BCUT2D eigenvalue weighted by molar-refractivity contribution is 6.07. The highest BCUT2D eigenvalue weighted by atomic mass is 19.1. The standard InChI is InChI=1S/C17H16FN5O2/c1-9(24)14(10(2)25)15-16-17(20-11(3)19-15)23(22-21-16)8-12-6-4-5-7-13(12)18/h4-7,14H,8H2,1-3H3. The van der Waals surface area contributed by atoms with E-state index in [-0.39, 0.29) is 35.1 Å². The van der Waals surface area contributed by atoms with E-state index in [0.29, 0.717) is 17.0 Å². The number of ketones is 2. The Bertz CT molecular complexity index is 968. The third-order valence-corrected chi connectivity index (χ3v) is 3.87. The van der Waals surface area contributed by atoms with Crippen LogP contribution >= 0.6 is 0 Å². The average Bonchev–Trinajstić information content (AvgIpc) is 2.92. The van der Waals surface area contributed by atoms with E-state index in [0.717, 1.165) is 0 Å². The number of rotatable bonds is 5. The van der Waals surface area contributed by atoms with Gasteiger partial charge in [-0.3, -0.25) is 9.59 Å². The molecule has 0 saturated heterocycles. The Morgan fingerprint density at radius 1 is 1.16 bits per heavy atom. The van der Waals surface area contributed by atoms with E-state index < -0.39 is 5.92 Å². The van der Waals surface area contributed by atoms with Crippen LogP contribution in [0.1, 0.15) is 36.8 Å². The van der Waals surface area contributed by atoms with E-state index in [1.54, 1.807) is 25.1 Å². The predicted octanol–water partition coefficient (Wildman–Crippen LogP) is 1.98. The van der Waals surface area contributed by atoms with Gasteiger partial charge in [0, 0.05) is 5.56 Å². The molecule has 0 amide bonds. The molecule has 3 rings (SSSR count). The number of Topliss-reactive ketones (excluding diaryl/α,β-unsaturated/α-hetero) is 2. The van der Waals surface area contributed by atoms with E-state index in [9.17, 15) is 14.0 Å². The normalized spacial score (nSPS) is 11.2. The van der Waals surface area contributed by atoms with Gasteiger partial charge >= 0.3 is 0 Å². The lowest BCUT2D eigenvalue weighted by molar-refractivity contribution is -0.126. The third kappa shape index (κ3) is 3.15. The summed E-state index contributed by atoms with van der Waals surface area (Å²) in [4.78, 5) is 32.3. The maximum Gasteiger partial charge on any atom is 0.182 e. The van der Waals surface area contributed by atoms with Gasteiger partial charge in [0.05, 0.1) is 12.2 Å². The first-order chi connectivity index (χ1) is 11.9. The van der Waals surface area contributed by atoms with Crippen LogP contribution in [-0.4, -0.2) is 36.5 Å². The van der Waals surface area contributed by atoms with Crippen molar-refractivity contribution >= 4 is 22.7 Å². The average molecular weight is 341 g/mol. The number of nitrogens with zero attached hydrogens (tertiary/aromatic N) is 5. The Labute approximate surface area is 142 Å². The minimum absolute atomic E-state index is 0.129. The first-order valence-electron chi connectivity index (χ1n) is 7.70. The fourth-order valence-electron chi connectivity index (χ4n) is 2.76. The van der Waals surface area contributed by atoms with Crippen LogP contribution in [0.25, 0.3) is 11.2 Å². The van der Waals surface area contributed by atoms with E-state index in [1.165, 1.54) is 24.6 Å². The molecular formula is C17H16FN5O2. The molecule has 1 aromatic carbocycles. The molecule has 0 saturated carbocycles. The largest absolute Gasteiger partial charge is 0.299 e. The van der Waals surface area contributed by atoms with Crippen molar-refractivity contribution in [2.24, 2.45) is 0 Å². The zero-order chi connectivity index (χ0) is 18.1. The van der Waals surface area contributed by atoms with Gasteiger partial charge in [0.15, 0.2) is 11.2 Å². The molecule has 0 unspecified atom stereocenters. The highest BCUT2D eigenvalue weighted by Crippen LogP contribution is 2.24. The van der Waals surface area contributed by atoms with Gasteiger partial charge in [0.2, 0.25) is 0 Å². The molecule has 0 radical (unpaired) electrons. The molecule has 25 heavy (non-hydrogen) atoms. The van der Waals surface area contributed by atoms with Crippen LogP contribution in [0.2, 0.25) is 0 Å². The molecule has 2 heterocycles. The molecule has 8 heteroatoms. The van der Waals surface area contributed by atoms with E-state index in [1.807, 2.05) is 0 Å². The Balaban J connectivity index is 2.14. The summed E-state index contributed by atoms with van der Waals surface area (Å²) in [5, 5.41) is 8.04. The number of fused-ring (bicyclic) bond motifs is 1. The number of benzene rings is 1. The molecule has 0 bridgehead atoms. The van der Waals surface area contributed by atoms with Gasteiger partial charge in [0.25, 0.3) is 0 Å². The van der Waals surface area contributed by atoms with Crippen molar-refractivity contribution in [1.29, 1.82) is 0 Å². The second-order valence-corrected chi connectivity index (χ2v) is 5.82. The maximum absolute atomic E-state index is 13.9. The molecule has 3 aromatic rings. The molecule has 128 valence electrons. The van der Waals surface area contributed by atoms with Crippen LogP contribution in [0.15, 0.2) is 24.3 Å². The molecule has 0 aliphatic carbocycles. The Hall–Kier alpha value is -3.03. The lowest BCUT2D eigenvalue weighted by atomic mass is 9.96. The molecule has 0 spiro atoms. The van der Waals surface area contributed by atoms with E-state index in [4.69, 9.17) is 0 Å². The predicted molar refractivity (Wildman–Crippen MR) is 87.5 cm³/mol. The van der Waals surface area contributed by atoms with Crippen LogP contribution in [0.5, 0.6) is 0 Å². The molecule has 7 nitrogen and oxygen atoms in total. The fraction of sp³-hybridized carbons (Fsp3) is 0.294. The minimum atomic E-state index is -1.01. The van der Waals surface area contributed by atoms with Crippen molar-refractivity contribution in [1.82, 2.24) is 25.0 Å². The summed E-state index contributed by atoms with van der Waals surface area (Å²) in [5.74, 6) is -1.64. The number of aromatic nitrogens is 5. The zero-order valence-electron chi connectivity index (χ0n) is 14.0. The summed E-state index contributed by atoms with van der Waals surface area (Å²) in [7, 11) is 0. The van der Waals surface area contributed by atoms with Crippen molar-refractivity contribution in [3.05, 3.63) is 47.2 Å². The van der Waals surface area contributed by atoms with Gasteiger partial charge in [-0.2, -0.15) is 0 Å². The van der Waals surface area contributed by atoms with Gasteiger partial charge in [-0.15, -0.1) is 5.10 Å². The summed E-state index contributed by atoms with van der Waals surface area (Å²) in [6, 6.07) is 6.34. The number of carbonyl (C=O) groups is 2. The Morgan fingerprint density at radius 3 is 2.48 bits per heavy atom.